The second kappa shape index (κ2) is 7.48. The van der Waals surface area contributed by atoms with Crippen LogP contribution < -0.4 is 5.32 Å². The molecule has 0 saturated carbocycles. The summed E-state index contributed by atoms with van der Waals surface area (Å²) < 4.78 is 5.75. The lowest BCUT2D eigenvalue weighted by Gasteiger charge is -2.17. The minimum absolute atomic E-state index is 0.265. The third-order valence-electron chi connectivity index (χ3n) is 3.12. The molecule has 0 bridgehead atoms. The van der Waals surface area contributed by atoms with Crippen molar-refractivity contribution in [1.29, 1.82) is 0 Å². The van der Waals surface area contributed by atoms with Gasteiger partial charge in [-0.1, -0.05) is 41.9 Å². The molecule has 1 unspecified atom stereocenters. The number of ether oxygens (including phenoxy) is 1. The summed E-state index contributed by atoms with van der Waals surface area (Å²) in [4.78, 5) is 12.0. The summed E-state index contributed by atoms with van der Waals surface area (Å²) in [6, 6.07) is 15.0. The van der Waals surface area contributed by atoms with Gasteiger partial charge in [-0.3, -0.25) is 4.79 Å². The Hall–Kier alpha value is -1.52. The first-order chi connectivity index (χ1) is 10.1. The molecule has 0 heterocycles. The molecule has 0 aliphatic heterocycles. The number of hydrogen-bond acceptors (Lipinski definition) is 3. The number of carbonyl (C=O) groups is 1. The van der Waals surface area contributed by atoms with E-state index in [0.29, 0.717) is 11.6 Å². The third-order valence-corrected chi connectivity index (χ3v) is 4.01. The van der Waals surface area contributed by atoms with Crippen LogP contribution in [0.3, 0.4) is 0 Å². The van der Waals surface area contributed by atoms with Gasteiger partial charge in [0, 0.05) is 21.7 Å². The van der Waals surface area contributed by atoms with Crippen molar-refractivity contribution in [3.05, 3.63) is 63.6 Å². The molecular formula is C16H15BrClNO2. The molecule has 0 amide bonds. The fraction of sp³-hybridized carbons (Fsp3) is 0.188. The summed E-state index contributed by atoms with van der Waals surface area (Å²) in [6.07, 6.45) is 0. The molecular weight excluding hydrogens is 354 g/mol. The number of rotatable bonds is 5. The van der Waals surface area contributed by atoms with Crippen LogP contribution in [0.1, 0.15) is 11.5 Å². The molecule has 110 valence electrons. The quantitative estimate of drug-likeness (QED) is 0.791. The number of hydrogen-bond donors (Lipinski definition) is 1. The number of methoxy groups -OCH3 is 1. The van der Waals surface area contributed by atoms with Crippen LogP contribution in [0.15, 0.2) is 53.0 Å². The van der Waals surface area contributed by atoms with Crippen LogP contribution in [-0.2, 0) is 9.53 Å². The Bertz CT molecular complexity index is 619. The molecule has 0 aliphatic rings. The van der Waals surface area contributed by atoms with Crippen LogP contribution in [-0.4, -0.2) is 19.6 Å². The zero-order valence-electron chi connectivity index (χ0n) is 11.5. The topological polar surface area (TPSA) is 38.3 Å². The van der Waals surface area contributed by atoms with Crippen molar-refractivity contribution >= 4 is 39.2 Å². The molecule has 2 aromatic carbocycles. The van der Waals surface area contributed by atoms with Crippen LogP contribution in [0.4, 0.5) is 5.69 Å². The highest BCUT2D eigenvalue weighted by molar-refractivity contribution is 9.10. The maximum atomic E-state index is 12.0. The summed E-state index contributed by atoms with van der Waals surface area (Å²) in [6.45, 7) is 0.441. The molecule has 1 N–H and O–H groups in total. The van der Waals surface area contributed by atoms with Crippen molar-refractivity contribution in [3.8, 4) is 0 Å². The van der Waals surface area contributed by atoms with Crippen LogP contribution in [0.5, 0.6) is 0 Å². The predicted molar refractivity (Wildman–Crippen MR) is 88.8 cm³/mol. The average molecular weight is 369 g/mol. The number of nitrogens with one attached hydrogen (secondary N) is 1. The molecule has 2 rings (SSSR count). The lowest BCUT2D eigenvalue weighted by molar-refractivity contribution is -0.142. The number of halogens is 2. The minimum atomic E-state index is -0.362. The van der Waals surface area contributed by atoms with Crippen LogP contribution in [0.2, 0.25) is 5.02 Å². The Labute approximate surface area is 137 Å². The van der Waals surface area contributed by atoms with Gasteiger partial charge in [-0.25, -0.2) is 0 Å². The second-order valence-corrected chi connectivity index (χ2v) is 5.78. The van der Waals surface area contributed by atoms with E-state index in [1.165, 1.54) is 7.11 Å². The van der Waals surface area contributed by atoms with E-state index in [1.54, 1.807) is 12.1 Å². The van der Waals surface area contributed by atoms with Crippen molar-refractivity contribution in [2.24, 2.45) is 0 Å². The van der Waals surface area contributed by atoms with Gasteiger partial charge in [0.2, 0.25) is 0 Å². The fourth-order valence-corrected chi connectivity index (χ4v) is 2.83. The van der Waals surface area contributed by atoms with Crippen LogP contribution in [0.25, 0.3) is 0 Å². The first-order valence-corrected chi connectivity index (χ1v) is 7.60. The number of carbonyl (C=O) groups excluding carboxylic acids is 1. The van der Waals surface area contributed by atoms with E-state index < -0.39 is 0 Å². The number of anilines is 1. The van der Waals surface area contributed by atoms with Crippen molar-refractivity contribution < 1.29 is 9.53 Å². The Balaban J connectivity index is 2.15. The van der Waals surface area contributed by atoms with Crippen molar-refractivity contribution in [3.63, 3.8) is 0 Å². The first kappa shape index (κ1) is 15.9. The Morgan fingerprint density at radius 3 is 2.62 bits per heavy atom. The second-order valence-electron chi connectivity index (χ2n) is 4.49. The van der Waals surface area contributed by atoms with E-state index in [2.05, 4.69) is 21.2 Å². The zero-order valence-corrected chi connectivity index (χ0v) is 13.8. The van der Waals surface area contributed by atoms with Gasteiger partial charge in [-0.15, -0.1) is 0 Å². The molecule has 1 atom stereocenters. The Morgan fingerprint density at radius 2 is 2.00 bits per heavy atom. The van der Waals surface area contributed by atoms with E-state index >= 15 is 0 Å². The standard InChI is InChI=1S/C16H15BrClNO2/c1-21-16(20)13(11-5-3-2-4-6-11)10-19-15-8-7-12(18)9-14(15)17/h2-9,13,19H,10H2,1H3. The Morgan fingerprint density at radius 1 is 1.29 bits per heavy atom. The molecule has 0 radical (unpaired) electrons. The maximum Gasteiger partial charge on any atom is 0.314 e. The highest BCUT2D eigenvalue weighted by atomic mass is 79.9. The molecule has 5 heteroatoms. The van der Waals surface area contributed by atoms with E-state index in [9.17, 15) is 4.79 Å². The first-order valence-electron chi connectivity index (χ1n) is 6.43. The lowest BCUT2D eigenvalue weighted by Crippen LogP contribution is -2.22. The number of esters is 1. The molecule has 0 saturated heterocycles. The molecule has 0 aromatic heterocycles. The largest absolute Gasteiger partial charge is 0.468 e. The van der Waals surface area contributed by atoms with E-state index in [4.69, 9.17) is 16.3 Å². The van der Waals surface area contributed by atoms with E-state index in [1.807, 2.05) is 36.4 Å². The van der Waals surface area contributed by atoms with Crippen LogP contribution in [0, 0.1) is 0 Å². The van der Waals surface area contributed by atoms with Gasteiger partial charge in [0.15, 0.2) is 0 Å². The van der Waals surface area contributed by atoms with Gasteiger partial charge >= 0.3 is 5.97 Å². The maximum absolute atomic E-state index is 12.0. The predicted octanol–water partition coefficient (Wildman–Crippen LogP) is 4.47. The Kier molecular flexibility index (Phi) is 5.65. The molecule has 0 spiro atoms. The normalized spacial score (nSPS) is 11.8. The third kappa shape index (κ3) is 4.22. The van der Waals surface area contributed by atoms with Gasteiger partial charge in [-0.2, -0.15) is 0 Å². The number of benzene rings is 2. The van der Waals surface area contributed by atoms with E-state index in [0.717, 1.165) is 15.7 Å². The summed E-state index contributed by atoms with van der Waals surface area (Å²) in [7, 11) is 1.40. The monoisotopic (exact) mass is 367 g/mol. The van der Waals surface area contributed by atoms with Gasteiger partial charge < -0.3 is 10.1 Å². The SMILES string of the molecule is COC(=O)C(CNc1ccc(Cl)cc1Br)c1ccccc1. The van der Waals surface area contributed by atoms with E-state index in [-0.39, 0.29) is 11.9 Å². The summed E-state index contributed by atoms with van der Waals surface area (Å²) in [5.74, 6) is -0.627. The minimum Gasteiger partial charge on any atom is -0.468 e. The lowest BCUT2D eigenvalue weighted by atomic mass is 9.99. The molecule has 3 nitrogen and oxygen atoms in total. The molecule has 0 fully saturated rings. The molecule has 2 aromatic rings. The van der Waals surface area contributed by atoms with Crippen molar-refractivity contribution in [2.75, 3.05) is 19.0 Å². The summed E-state index contributed by atoms with van der Waals surface area (Å²) >= 11 is 9.36. The zero-order chi connectivity index (χ0) is 15.2. The van der Waals surface area contributed by atoms with Gasteiger partial charge in [0.1, 0.15) is 0 Å². The fourth-order valence-electron chi connectivity index (χ4n) is 2.01. The molecule has 0 aliphatic carbocycles. The average Bonchev–Trinajstić information content (AvgIpc) is 2.50. The van der Waals surface area contributed by atoms with Crippen molar-refractivity contribution in [1.82, 2.24) is 0 Å². The van der Waals surface area contributed by atoms with Gasteiger partial charge in [0.25, 0.3) is 0 Å². The van der Waals surface area contributed by atoms with Gasteiger partial charge in [-0.05, 0) is 39.7 Å². The highest BCUT2D eigenvalue weighted by Crippen LogP contribution is 2.27. The summed E-state index contributed by atoms with van der Waals surface area (Å²) in [5.41, 5.74) is 1.80. The summed E-state index contributed by atoms with van der Waals surface area (Å²) in [5, 5.41) is 3.90. The van der Waals surface area contributed by atoms with Crippen molar-refractivity contribution in [2.45, 2.75) is 5.92 Å². The smallest absolute Gasteiger partial charge is 0.314 e. The highest BCUT2D eigenvalue weighted by Gasteiger charge is 2.21. The van der Waals surface area contributed by atoms with Gasteiger partial charge in [0.05, 0.1) is 13.0 Å². The van der Waals surface area contributed by atoms with Crippen LogP contribution >= 0.6 is 27.5 Å². The molecule has 21 heavy (non-hydrogen) atoms.